The van der Waals surface area contributed by atoms with E-state index in [1.807, 2.05) is 24.3 Å². The lowest BCUT2D eigenvalue weighted by Gasteiger charge is -2.11. The molecule has 0 spiro atoms. The van der Waals surface area contributed by atoms with Gasteiger partial charge in [0.2, 0.25) is 11.7 Å². The Hall–Kier alpha value is -1.45. The average Bonchev–Trinajstić information content (AvgIpc) is 2.79. The summed E-state index contributed by atoms with van der Waals surface area (Å²) in [5.74, 6) is 0.439. The summed E-state index contributed by atoms with van der Waals surface area (Å²) in [6, 6.07) is 7.95. The summed E-state index contributed by atoms with van der Waals surface area (Å²) in [4.78, 5) is 4.07. The SMILES string of the molecule is [B]C([B])([B])c1nc(-c2ccc(CCC)cc2)no1. The van der Waals surface area contributed by atoms with Crippen molar-refractivity contribution in [3.63, 3.8) is 0 Å². The molecule has 84 valence electrons. The fraction of sp³-hybridized carbons (Fsp3) is 0.333. The van der Waals surface area contributed by atoms with Crippen LogP contribution < -0.4 is 0 Å². The van der Waals surface area contributed by atoms with Crippen LogP contribution in [0.15, 0.2) is 28.8 Å². The Labute approximate surface area is 111 Å². The lowest BCUT2D eigenvalue weighted by atomic mass is 9.42. The molecular weight excluding hydrogens is 221 g/mol. The van der Waals surface area contributed by atoms with Gasteiger partial charge in [-0.05, 0) is 12.0 Å². The quantitative estimate of drug-likeness (QED) is 0.745. The molecule has 1 aromatic carbocycles. The van der Waals surface area contributed by atoms with Gasteiger partial charge in [0.15, 0.2) is 0 Å². The van der Waals surface area contributed by atoms with E-state index in [2.05, 4.69) is 17.1 Å². The Balaban J connectivity index is 2.23. The molecule has 1 heterocycles. The Kier molecular flexibility index (Phi) is 3.64. The fourth-order valence-corrected chi connectivity index (χ4v) is 1.63. The smallest absolute Gasteiger partial charge is 0.208 e. The van der Waals surface area contributed by atoms with E-state index < -0.39 is 5.11 Å². The Morgan fingerprint density at radius 1 is 1.17 bits per heavy atom. The van der Waals surface area contributed by atoms with Crippen molar-refractivity contribution in [1.82, 2.24) is 10.1 Å². The van der Waals surface area contributed by atoms with Crippen molar-refractivity contribution in [2.45, 2.75) is 24.9 Å². The van der Waals surface area contributed by atoms with Gasteiger partial charge in [-0.1, -0.05) is 47.9 Å². The van der Waals surface area contributed by atoms with Crippen molar-refractivity contribution < 1.29 is 4.52 Å². The first-order valence-corrected chi connectivity index (χ1v) is 5.81. The zero-order chi connectivity index (χ0) is 13.2. The molecule has 0 N–H and O–H groups in total. The Morgan fingerprint density at radius 2 is 1.83 bits per heavy atom. The van der Waals surface area contributed by atoms with E-state index in [0.29, 0.717) is 5.82 Å². The summed E-state index contributed by atoms with van der Waals surface area (Å²) >= 11 is 0. The first-order chi connectivity index (χ1) is 8.50. The second kappa shape index (κ2) is 5.05. The number of nitrogens with zero attached hydrogens (tertiary/aromatic N) is 2. The number of aryl methyl sites for hydroxylation is 1. The summed E-state index contributed by atoms with van der Waals surface area (Å²) in [5, 5.41) is 2.20. The third-order valence-electron chi connectivity index (χ3n) is 2.55. The van der Waals surface area contributed by atoms with Gasteiger partial charge < -0.3 is 4.52 Å². The summed E-state index contributed by atoms with van der Waals surface area (Å²) in [5.41, 5.74) is 2.12. The van der Waals surface area contributed by atoms with Gasteiger partial charge in [-0.15, -0.1) is 0 Å². The maximum Gasteiger partial charge on any atom is 0.208 e. The van der Waals surface area contributed by atoms with Crippen molar-refractivity contribution in [3.05, 3.63) is 35.7 Å². The highest BCUT2D eigenvalue weighted by Crippen LogP contribution is 2.19. The van der Waals surface area contributed by atoms with Crippen molar-refractivity contribution in [2.75, 3.05) is 0 Å². The summed E-state index contributed by atoms with van der Waals surface area (Å²) in [6.45, 7) is 2.14. The normalized spacial score (nSPS) is 11.6. The largest absolute Gasteiger partial charge is 0.341 e. The zero-order valence-corrected chi connectivity index (χ0v) is 10.3. The highest BCUT2D eigenvalue weighted by Gasteiger charge is 2.20. The van der Waals surface area contributed by atoms with Crippen molar-refractivity contribution in [2.24, 2.45) is 0 Å². The first-order valence-electron chi connectivity index (χ1n) is 5.81. The molecule has 1 aromatic heterocycles. The molecule has 2 aromatic rings. The summed E-state index contributed by atoms with van der Waals surface area (Å²) in [6.07, 6.45) is 2.16. The van der Waals surface area contributed by atoms with Gasteiger partial charge in [-0.25, -0.2) is 0 Å². The molecule has 0 aliphatic carbocycles. The lowest BCUT2D eigenvalue weighted by molar-refractivity contribution is 0.383. The molecule has 0 saturated heterocycles. The molecule has 0 fully saturated rings. The lowest BCUT2D eigenvalue weighted by Crippen LogP contribution is -2.27. The number of benzene rings is 1. The Bertz CT molecular complexity index is 517. The van der Waals surface area contributed by atoms with Crippen LogP contribution in [-0.4, -0.2) is 33.7 Å². The zero-order valence-electron chi connectivity index (χ0n) is 10.3. The molecule has 2 rings (SSSR count). The molecule has 0 aliphatic rings. The fourth-order valence-electron chi connectivity index (χ4n) is 1.63. The van der Waals surface area contributed by atoms with Gasteiger partial charge in [-0.3, -0.25) is 0 Å². The molecule has 18 heavy (non-hydrogen) atoms. The third kappa shape index (κ3) is 2.86. The van der Waals surface area contributed by atoms with Crippen LogP contribution in [-0.2, 0) is 11.5 Å². The van der Waals surface area contributed by atoms with E-state index in [4.69, 9.17) is 28.1 Å². The van der Waals surface area contributed by atoms with E-state index in [1.165, 1.54) is 5.56 Å². The van der Waals surface area contributed by atoms with Crippen LogP contribution in [0.2, 0.25) is 0 Å². The van der Waals surface area contributed by atoms with Gasteiger partial charge in [0.1, 0.15) is 0 Å². The maximum atomic E-state index is 5.47. The standard InChI is InChI=1S/C12H11B3N2O/c1-2-3-8-4-6-9(7-5-8)10-16-11(18-17-10)12(13,14)15/h4-7H,2-3H2,1H3. The minimum atomic E-state index is -1.60. The molecular formula is C12H11B3N2O. The van der Waals surface area contributed by atoms with Gasteiger partial charge in [-0.2, -0.15) is 4.98 Å². The number of hydrogen-bond acceptors (Lipinski definition) is 3. The topological polar surface area (TPSA) is 38.9 Å². The minimum absolute atomic E-state index is 0.00938. The third-order valence-corrected chi connectivity index (χ3v) is 2.55. The average molecular weight is 232 g/mol. The van der Waals surface area contributed by atoms with E-state index in [0.717, 1.165) is 18.4 Å². The summed E-state index contributed by atoms with van der Waals surface area (Å²) < 4.78 is 4.93. The number of hydrogen-bond donors (Lipinski definition) is 0. The Morgan fingerprint density at radius 3 is 2.33 bits per heavy atom. The monoisotopic (exact) mass is 232 g/mol. The van der Waals surface area contributed by atoms with E-state index in [9.17, 15) is 0 Å². The molecule has 0 unspecified atom stereocenters. The van der Waals surface area contributed by atoms with Crippen LogP contribution in [0.1, 0.15) is 24.8 Å². The van der Waals surface area contributed by atoms with Crippen LogP contribution in [0.25, 0.3) is 11.4 Å². The highest BCUT2D eigenvalue weighted by atomic mass is 16.5. The van der Waals surface area contributed by atoms with Gasteiger partial charge in [0.05, 0.1) is 23.5 Å². The van der Waals surface area contributed by atoms with Crippen LogP contribution in [0, 0.1) is 0 Å². The number of aromatic nitrogens is 2. The molecule has 0 atom stereocenters. The van der Waals surface area contributed by atoms with Crippen LogP contribution in [0.5, 0.6) is 0 Å². The molecule has 0 amide bonds. The molecule has 3 nitrogen and oxygen atoms in total. The van der Waals surface area contributed by atoms with Gasteiger partial charge >= 0.3 is 0 Å². The highest BCUT2D eigenvalue weighted by molar-refractivity contribution is 6.58. The van der Waals surface area contributed by atoms with E-state index >= 15 is 0 Å². The predicted octanol–water partition coefficient (Wildman–Crippen LogP) is 1.30. The minimum Gasteiger partial charge on any atom is -0.341 e. The maximum absolute atomic E-state index is 5.47. The van der Waals surface area contributed by atoms with Crippen LogP contribution in [0.3, 0.4) is 0 Å². The molecule has 6 heteroatoms. The van der Waals surface area contributed by atoms with Crippen molar-refractivity contribution in [3.8, 4) is 11.4 Å². The molecule has 0 bridgehead atoms. The second-order valence-electron chi connectivity index (χ2n) is 4.30. The van der Waals surface area contributed by atoms with Crippen LogP contribution in [0.4, 0.5) is 0 Å². The van der Waals surface area contributed by atoms with E-state index in [-0.39, 0.29) is 5.89 Å². The second-order valence-corrected chi connectivity index (χ2v) is 4.30. The van der Waals surface area contributed by atoms with Gasteiger partial charge in [0, 0.05) is 5.56 Å². The number of rotatable bonds is 4. The van der Waals surface area contributed by atoms with Crippen molar-refractivity contribution >= 4 is 23.5 Å². The predicted molar refractivity (Wildman–Crippen MR) is 72.7 cm³/mol. The van der Waals surface area contributed by atoms with Gasteiger partial charge in [0.25, 0.3) is 0 Å². The molecule has 0 saturated carbocycles. The summed E-state index contributed by atoms with van der Waals surface area (Å²) in [7, 11) is 16.4. The van der Waals surface area contributed by atoms with Crippen LogP contribution >= 0.6 is 0 Å². The molecule has 6 radical (unpaired) electrons. The van der Waals surface area contributed by atoms with Crippen molar-refractivity contribution in [1.29, 1.82) is 0 Å². The molecule has 0 aliphatic heterocycles. The first kappa shape index (κ1) is 13.0. The van der Waals surface area contributed by atoms with E-state index in [1.54, 1.807) is 0 Å².